The fourth-order valence-corrected chi connectivity index (χ4v) is 2.66. The van der Waals surface area contributed by atoms with Crippen molar-refractivity contribution in [3.05, 3.63) is 59.7 Å². The van der Waals surface area contributed by atoms with E-state index >= 15 is 0 Å². The molecule has 0 bridgehead atoms. The lowest BCUT2D eigenvalue weighted by molar-refractivity contribution is -0.305. The van der Waals surface area contributed by atoms with Crippen LogP contribution in [0.1, 0.15) is 34.9 Å². The number of rotatable bonds is 5. The van der Waals surface area contributed by atoms with E-state index in [9.17, 15) is 24.6 Å². The number of aromatic hydroxyl groups is 1. The summed E-state index contributed by atoms with van der Waals surface area (Å²) in [6.45, 7) is 0. The highest BCUT2D eigenvalue weighted by atomic mass is 16.4. The third-order valence-electron chi connectivity index (χ3n) is 3.94. The molecule has 1 aliphatic heterocycles. The summed E-state index contributed by atoms with van der Waals surface area (Å²) in [4.78, 5) is 35.4. The number of para-hydroxylation sites is 1. The van der Waals surface area contributed by atoms with Crippen molar-refractivity contribution in [1.29, 1.82) is 0 Å². The number of hydrazine groups is 1. The molecule has 2 aromatic rings. The summed E-state index contributed by atoms with van der Waals surface area (Å²) in [5, 5.41) is 24.3. The van der Waals surface area contributed by atoms with Crippen molar-refractivity contribution in [2.24, 2.45) is 0 Å². The second-order valence-electron chi connectivity index (χ2n) is 5.77. The third kappa shape index (κ3) is 3.59. The van der Waals surface area contributed by atoms with E-state index in [0.29, 0.717) is 16.8 Å². The fourth-order valence-electron chi connectivity index (χ4n) is 2.66. The molecule has 0 unspecified atom stereocenters. The molecule has 3 N–H and O–H groups in total. The van der Waals surface area contributed by atoms with Crippen LogP contribution in [0.2, 0.25) is 0 Å². The molecule has 134 valence electrons. The first-order valence-electron chi connectivity index (χ1n) is 7.93. The van der Waals surface area contributed by atoms with Gasteiger partial charge in [-0.2, -0.15) is 0 Å². The number of nitrogens with one attached hydrogen (secondary N) is 2. The number of carbonyl (C=O) groups is 3. The molecular formula is C18H16N3O5-. The van der Waals surface area contributed by atoms with Crippen LogP contribution in [0.3, 0.4) is 0 Å². The Bertz CT molecular complexity index is 850. The molecule has 3 rings (SSSR count). The fraction of sp³-hybridized carbons (Fsp3) is 0.167. The summed E-state index contributed by atoms with van der Waals surface area (Å²) >= 11 is 0. The van der Waals surface area contributed by atoms with Crippen molar-refractivity contribution >= 4 is 23.5 Å². The lowest BCUT2D eigenvalue weighted by Gasteiger charge is -2.37. The number of amides is 2. The number of nitrogens with zero attached hydrogens (tertiary/aromatic N) is 1. The zero-order chi connectivity index (χ0) is 18.7. The highest BCUT2D eigenvalue weighted by molar-refractivity contribution is 6.02. The van der Waals surface area contributed by atoms with Gasteiger partial charge in [-0.1, -0.05) is 24.3 Å². The number of fused-ring (bicyclic) bond motifs is 1. The first kappa shape index (κ1) is 17.3. The van der Waals surface area contributed by atoms with Gasteiger partial charge in [0.2, 0.25) is 5.91 Å². The van der Waals surface area contributed by atoms with Crippen molar-refractivity contribution < 1.29 is 24.6 Å². The number of carbonyl (C=O) groups excluding carboxylic acids is 3. The summed E-state index contributed by atoms with van der Waals surface area (Å²) in [6, 6.07) is 13.0. The second kappa shape index (κ2) is 7.14. The SMILES string of the molecule is O=C([O-])CCC(=O)NN1C(=O)c2ccccc2N[C@H]1c1ccc(O)cc1. The Kier molecular flexibility index (Phi) is 4.74. The van der Waals surface area contributed by atoms with Crippen molar-refractivity contribution in [1.82, 2.24) is 10.4 Å². The summed E-state index contributed by atoms with van der Waals surface area (Å²) in [6.07, 6.45) is -1.47. The Hall–Kier alpha value is -3.55. The molecule has 1 heterocycles. The molecule has 8 heteroatoms. The van der Waals surface area contributed by atoms with Crippen LogP contribution in [0, 0.1) is 0 Å². The van der Waals surface area contributed by atoms with Gasteiger partial charge < -0.3 is 20.3 Å². The number of benzene rings is 2. The zero-order valence-electron chi connectivity index (χ0n) is 13.6. The average molecular weight is 354 g/mol. The quantitative estimate of drug-likeness (QED) is 0.720. The van der Waals surface area contributed by atoms with Gasteiger partial charge in [0.05, 0.1) is 5.56 Å². The zero-order valence-corrected chi connectivity index (χ0v) is 13.6. The molecular weight excluding hydrogens is 338 g/mol. The van der Waals surface area contributed by atoms with Gasteiger partial charge in [-0.25, -0.2) is 5.01 Å². The smallest absolute Gasteiger partial charge is 0.276 e. The van der Waals surface area contributed by atoms with Gasteiger partial charge in [0.15, 0.2) is 0 Å². The van der Waals surface area contributed by atoms with E-state index in [1.165, 1.54) is 12.1 Å². The van der Waals surface area contributed by atoms with Crippen LogP contribution in [0.5, 0.6) is 5.75 Å². The van der Waals surface area contributed by atoms with Crippen LogP contribution in [0.4, 0.5) is 5.69 Å². The Labute approximate surface area is 149 Å². The van der Waals surface area contributed by atoms with E-state index in [4.69, 9.17) is 0 Å². The van der Waals surface area contributed by atoms with Gasteiger partial charge in [-0.3, -0.25) is 15.0 Å². The maximum atomic E-state index is 12.8. The molecule has 26 heavy (non-hydrogen) atoms. The number of carboxylic acids is 1. The van der Waals surface area contributed by atoms with Crippen LogP contribution in [0.15, 0.2) is 48.5 Å². The van der Waals surface area contributed by atoms with Crippen LogP contribution in [-0.2, 0) is 9.59 Å². The predicted molar refractivity (Wildman–Crippen MR) is 89.5 cm³/mol. The van der Waals surface area contributed by atoms with Gasteiger partial charge in [0.1, 0.15) is 11.9 Å². The molecule has 1 atom stereocenters. The van der Waals surface area contributed by atoms with Gasteiger partial charge in [-0.15, -0.1) is 0 Å². The summed E-state index contributed by atoms with van der Waals surface area (Å²) < 4.78 is 0. The molecule has 0 saturated carbocycles. The maximum absolute atomic E-state index is 12.8. The van der Waals surface area contributed by atoms with Crippen molar-refractivity contribution in [2.75, 3.05) is 5.32 Å². The Balaban J connectivity index is 1.91. The van der Waals surface area contributed by atoms with Gasteiger partial charge in [-0.05, 0) is 36.2 Å². The minimum Gasteiger partial charge on any atom is -0.550 e. The van der Waals surface area contributed by atoms with E-state index in [-0.39, 0.29) is 12.2 Å². The van der Waals surface area contributed by atoms with E-state index < -0.39 is 30.4 Å². The van der Waals surface area contributed by atoms with Gasteiger partial charge in [0.25, 0.3) is 5.91 Å². The lowest BCUT2D eigenvalue weighted by Crippen LogP contribution is -2.53. The topological polar surface area (TPSA) is 122 Å². The highest BCUT2D eigenvalue weighted by Crippen LogP contribution is 2.32. The van der Waals surface area contributed by atoms with Crippen LogP contribution < -0.4 is 15.8 Å². The molecule has 0 spiro atoms. The summed E-state index contributed by atoms with van der Waals surface area (Å²) in [7, 11) is 0. The van der Waals surface area contributed by atoms with Crippen LogP contribution in [0.25, 0.3) is 0 Å². The number of anilines is 1. The monoisotopic (exact) mass is 354 g/mol. The van der Waals surface area contributed by atoms with Crippen LogP contribution >= 0.6 is 0 Å². The number of phenolic OH excluding ortho intramolecular Hbond substituents is 1. The normalized spacial score (nSPS) is 15.8. The van der Waals surface area contributed by atoms with E-state index in [0.717, 1.165) is 5.01 Å². The maximum Gasteiger partial charge on any atom is 0.276 e. The summed E-state index contributed by atoms with van der Waals surface area (Å²) in [5.41, 5.74) is 4.07. The molecule has 0 fully saturated rings. The Morgan fingerprint density at radius 3 is 2.50 bits per heavy atom. The van der Waals surface area contributed by atoms with Crippen molar-refractivity contribution in [3.63, 3.8) is 0 Å². The van der Waals surface area contributed by atoms with Crippen molar-refractivity contribution in [3.8, 4) is 5.75 Å². The number of hydrogen-bond acceptors (Lipinski definition) is 6. The molecule has 0 aromatic heterocycles. The molecule has 0 radical (unpaired) electrons. The molecule has 0 aliphatic carbocycles. The van der Waals surface area contributed by atoms with Gasteiger partial charge in [0, 0.05) is 18.1 Å². The number of phenols is 1. The molecule has 2 aromatic carbocycles. The second-order valence-corrected chi connectivity index (χ2v) is 5.77. The van der Waals surface area contributed by atoms with E-state index in [1.54, 1.807) is 36.4 Å². The Morgan fingerprint density at radius 1 is 1.12 bits per heavy atom. The van der Waals surface area contributed by atoms with E-state index in [2.05, 4.69) is 10.7 Å². The largest absolute Gasteiger partial charge is 0.550 e. The predicted octanol–water partition coefficient (Wildman–Crippen LogP) is 0.520. The minimum atomic E-state index is -1.34. The molecule has 2 amide bonds. The van der Waals surface area contributed by atoms with Gasteiger partial charge >= 0.3 is 0 Å². The first-order chi connectivity index (χ1) is 12.5. The number of aliphatic carboxylic acids is 1. The van der Waals surface area contributed by atoms with Crippen LogP contribution in [-0.4, -0.2) is 27.9 Å². The first-order valence-corrected chi connectivity index (χ1v) is 7.93. The highest BCUT2D eigenvalue weighted by Gasteiger charge is 2.34. The van der Waals surface area contributed by atoms with Crippen molar-refractivity contribution in [2.45, 2.75) is 19.0 Å². The molecule has 8 nitrogen and oxygen atoms in total. The minimum absolute atomic E-state index is 0.0702. The third-order valence-corrected chi connectivity index (χ3v) is 3.94. The molecule has 0 saturated heterocycles. The number of carboxylic acid groups (broad SMARTS) is 1. The average Bonchev–Trinajstić information content (AvgIpc) is 2.63. The number of hydrogen-bond donors (Lipinski definition) is 3. The summed E-state index contributed by atoms with van der Waals surface area (Å²) in [5.74, 6) is -2.32. The standard InChI is InChI=1S/C18H17N3O5/c22-12-7-5-11(6-8-12)17-19-14-4-2-1-3-13(14)18(26)21(17)20-15(23)9-10-16(24)25/h1-8,17,19,22H,9-10H2,(H,20,23)(H,24,25)/p-1/t17-/m1/s1. The Morgan fingerprint density at radius 2 is 1.81 bits per heavy atom. The molecule has 1 aliphatic rings. The van der Waals surface area contributed by atoms with E-state index in [1.807, 2.05) is 0 Å². The lowest BCUT2D eigenvalue weighted by atomic mass is 10.0.